The molecule has 1 amide bonds. The molecule has 0 aliphatic heterocycles. The molecule has 0 spiro atoms. The van der Waals surface area contributed by atoms with E-state index < -0.39 is 18.5 Å². The van der Waals surface area contributed by atoms with Gasteiger partial charge in [0.05, 0.1) is 0 Å². The molecule has 0 atom stereocenters. The van der Waals surface area contributed by atoms with Crippen LogP contribution in [-0.4, -0.2) is 24.3 Å². The van der Waals surface area contributed by atoms with Crippen LogP contribution in [0.4, 0.5) is 5.69 Å². The van der Waals surface area contributed by atoms with Gasteiger partial charge in [0.25, 0.3) is 5.91 Å². The van der Waals surface area contributed by atoms with E-state index in [1.165, 1.54) is 6.92 Å². The van der Waals surface area contributed by atoms with E-state index in [-0.39, 0.29) is 18.0 Å². The summed E-state index contributed by atoms with van der Waals surface area (Å²) in [5.41, 5.74) is 2.09. The van der Waals surface area contributed by atoms with Crippen LogP contribution in [0.2, 0.25) is 0 Å². The van der Waals surface area contributed by atoms with Crippen molar-refractivity contribution >= 4 is 39.3 Å². The van der Waals surface area contributed by atoms with Gasteiger partial charge in [-0.1, -0.05) is 52.3 Å². The fraction of sp³-hybridized carbons (Fsp3) is 0.125. The Kier molecular flexibility index (Phi) is 7.56. The number of halogens is 1. The van der Waals surface area contributed by atoms with Crippen LogP contribution in [0, 0.1) is 0 Å². The normalized spacial score (nSPS) is 10.3. The first-order valence-electron chi connectivity index (χ1n) is 9.46. The smallest absolute Gasteiger partial charge is 0.342 e. The summed E-state index contributed by atoms with van der Waals surface area (Å²) in [6.45, 7) is 1.25. The van der Waals surface area contributed by atoms with Gasteiger partial charge in [0.1, 0.15) is 17.9 Å². The largest absolute Gasteiger partial charge is 0.488 e. The Morgan fingerprint density at radius 3 is 2.48 bits per heavy atom. The molecule has 3 aromatic carbocycles. The molecule has 31 heavy (non-hydrogen) atoms. The van der Waals surface area contributed by atoms with E-state index in [0.29, 0.717) is 17.0 Å². The number of ketones is 1. The first-order valence-corrected chi connectivity index (χ1v) is 10.3. The molecule has 0 saturated heterocycles. The average Bonchev–Trinajstić information content (AvgIpc) is 2.76. The molecule has 0 saturated carbocycles. The lowest BCUT2D eigenvalue weighted by Gasteiger charge is -2.12. The van der Waals surface area contributed by atoms with Crippen molar-refractivity contribution in [3.63, 3.8) is 0 Å². The molecule has 158 valence electrons. The Balaban J connectivity index is 1.58. The van der Waals surface area contributed by atoms with Crippen LogP contribution in [0.3, 0.4) is 0 Å². The minimum atomic E-state index is -0.669. The maximum Gasteiger partial charge on any atom is 0.342 e. The predicted molar refractivity (Wildman–Crippen MR) is 120 cm³/mol. The van der Waals surface area contributed by atoms with Gasteiger partial charge >= 0.3 is 5.97 Å². The van der Waals surface area contributed by atoms with E-state index >= 15 is 0 Å². The number of para-hydroxylation sites is 1. The second-order valence-corrected chi connectivity index (χ2v) is 7.59. The lowest BCUT2D eigenvalue weighted by molar-refractivity contribution is -0.119. The number of hydrogen-bond acceptors (Lipinski definition) is 5. The van der Waals surface area contributed by atoms with Gasteiger partial charge in [-0.05, 0) is 48.9 Å². The molecule has 0 heterocycles. The highest BCUT2D eigenvalue weighted by molar-refractivity contribution is 9.10. The molecule has 0 radical (unpaired) electrons. The first-order chi connectivity index (χ1) is 14.9. The molecule has 1 N–H and O–H groups in total. The first kappa shape index (κ1) is 22.2. The molecule has 0 fully saturated rings. The number of hydrogen-bond donors (Lipinski definition) is 1. The molecule has 0 bridgehead atoms. The van der Waals surface area contributed by atoms with Gasteiger partial charge in [-0.15, -0.1) is 0 Å². The van der Waals surface area contributed by atoms with Crippen molar-refractivity contribution < 1.29 is 23.9 Å². The van der Waals surface area contributed by atoms with Crippen molar-refractivity contribution in [3.8, 4) is 5.75 Å². The van der Waals surface area contributed by atoms with Gasteiger partial charge in [-0.2, -0.15) is 0 Å². The summed E-state index contributed by atoms with van der Waals surface area (Å²) in [5, 5.41) is 2.61. The quantitative estimate of drug-likeness (QED) is 0.360. The number of nitrogens with one attached hydrogen (secondary N) is 1. The zero-order valence-electron chi connectivity index (χ0n) is 16.8. The number of amides is 1. The van der Waals surface area contributed by atoms with Crippen molar-refractivity contribution in [2.24, 2.45) is 0 Å². The maximum absolute atomic E-state index is 12.5. The Bertz CT molecular complexity index is 1110. The third-order valence-corrected chi connectivity index (χ3v) is 4.77. The van der Waals surface area contributed by atoms with Gasteiger partial charge in [-0.25, -0.2) is 4.79 Å². The Morgan fingerprint density at radius 2 is 1.71 bits per heavy atom. The van der Waals surface area contributed by atoms with Crippen LogP contribution in [0.15, 0.2) is 77.3 Å². The highest BCUT2D eigenvalue weighted by Crippen LogP contribution is 2.21. The van der Waals surface area contributed by atoms with Crippen LogP contribution in [0.5, 0.6) is 5.75 Å². The third-order valence-electron chi connectivity index (χ3n) is 4.28. The zero-order valence-corrected chi connectivity index (χ0v) is 18.3. The molecular formula is C24H20BrNO5. The van der Waals surface area contributed by atoms with Gasteiger partial charge in [0.15, 0.2) is 12.4 Å². The number of esters is 1. The molecule has 3 aromatic rings. The zero-order chi connectivity index (χ0) is 22.2. The van der Waals surface area contributed by atoms with Crippen LogP contribution < -0.4 is 10.1 Å². The second-order valence-electron chi connectivity index (χ2n) is 6.68. The second kappa shape index (κ2) is 10.5. The van der Waals surface area contributed by atoms with Crippen LogP contribution in [-0.2, 0) is 16.1 Å². The van der Waals surface area contributed by atoms with Crippen LogP contribution >= 0.6 is 15.9 Å². The fourth-order valence-corrected chi connectivity index (χ4v) is 3.22. The van der Waals surface area contributed by atoms with Gasteiger partial charge in [-0.3, -0.25) is 9.59 Å². The van der Waals surface area contributed by atoms with Crippen molar-refractivity contribution in [3.05, 3.63) is 94.0 Å². The number of carbonyl (C=O) groups is 3. The monoisotopic (exact) mass is 481 g/mol. The van der Waals surface area contributed by atoms with Gasteiger partial charge in [0.2, 0.25) is 0 Å². The summed E-state index contributed by atoms with van der Waals surface area (Å²) < 4.78 is 11.9. The van der Waals surface area contributed by atoms with E-state index in [1.54, 1.807) is 48.5 Å². The van der Waals surface area contributed by atoms with E-state index in [4.69, 9.17) is 9.47 Å². The summed E-state index contributed by atoms with van der Waals surface area (Å²) in [5.74, 6) is -0.928. The molecule has 0 aliphatic rings. The number of ether oxygens (including phenoxy) is 2. The van der Waals surface area contributed by atoms with E-state index in [9.17, 15) is 14.4 Å². The Morgan fingerprint density at radius 1 is 0.935 bits per heavy atom. The number of rotatable bonds is 8. The number of benzene rings is 3. The van der Waals surface area contributed by atoms with E-state index in [0.717, 1.165) is 10.0 Å². The third kappa shape index (κ3) is 6.52. The van der Waals surface area contributed by atoms with E-state index in [1.807, 2.05) is 24.3 Å². The summed E-state index contributed by atoms with van der Waals surface area (Å²) in [6.07, 6.45) is 0. The summed E-state index contributed by atoms with van der Waals surface area (Å²) in [6, 6.07) is 20.9. The Hall–Kier alpha value is -3.45. The number of carbonyl (C=O) groups excluding carboxylic acids is 3. The fourth-order valence-electron chi connectivity index (χ4n) is 2.77. The maximum atomic E-state index is 12.5. The van der Waals surface area contributed by atoms with Crippen molar-refractivity contribution in [2.75, 3.05) is 11.9 Å². The molecule has 7 heteroatoms. The summed E-state index contributed by atoms with van der Waals surface area (Å²) in [7, 11) is 0. The molecule has 0 aliphatic carbocycles. The summed E-state index contributed by atoms with van der Waals surface area (Å²) >= 11 is 3.41. The minimum Gasteiger partial charge on any atom is -0.488 e. The highest BCUT2D eigenvalue weighted by Gasteiger charge is 2.16. The minimum absolute atomic E-state index is 0.109. The number of anilines is 1. The lowest BCUT2D eigenvalue weighted by atomic mass is 10.1. The highest BCUT2D eigenvalue weighted by atomic mass is 79.9. The molecule has 0 aromatic heterocycles. The average molecular weight is 482 g/mol. The topological polar surface area (TPSA) is 81.7 Å². The molecule has 3 rings (SSSR count). The van der Waals surface area contributed by atoms with Gasteiger partial charge in [0, 0.05) is 15.7 Å². The molecule has 0 unspecified atom stereocenters. The van der Waals surface area contributed by atoms with Crippen molar-refractivity contribution in [1.29, 1.82) is 0 Å². The molecular weight excluding hydrogens is 462 g/mol. The SMILES string of the molecule is CC(=O)c1cccc(NC(=O)COC(=O)c2ccccc2OCc2cccc(Br)c2)c1. The Labute approximate surface area is 188 Å². The van der Waals surface area contributed by atoms with Crippen molar-refractivity contribution in [2.45, 2.75) is 13.5 Å². The van der Waals surface area contributed by atoms with Crippen LogP contribution in [0.25, 0.3) is 0 Å². The van der Waals surface area contributed by atoms with Gasteiger partial charge < -0.3 is 14.8 Å². The molecule has 6 nitrogen and oxygen atoms in total. The summed E-state index contributed by atoms with van der Waals surface area (Å²) in [4.78, 5) is 36.1. The lowest BCUT2D eigenvalue weighted by Crippen LogP contribution is -2.21. The number of Topliss-reactive ketones (excluding diaryl/α,β-unsaturated/α-hetero) is 1. The van der Waals surface area contributed by atoms with E-state index in [2.05, 4.69) is 21.2 Å². The standard InChI is InChI=1S/C24H20BrNO5/c1-16(27)18-7-5-9-20(13-18)26-23(28)15-31-24(29)21-10-2-3-11-22(21)30-14-17-6-4-8-19(25)12-17/h2-13H,14-15H2,1H3,(H,26,28). The predicted octanol–water partition coefficient (Wildman–Crippen LogP) is 5.03. The van der Waals surface area contributed by atoms with Crippen LogP contribution in [0.1, 0.15) is 33.2 Å². The van der Waals surface area contributed by atoms with Crippen molar-refractivity contribution in [1.82, 2.24) is 0 Å².